The molecule has 0 saturated carbocycles. The quantitative estimate of drug-likeness (QED) is 0.278. The zero-order valence-electron chi connectivity index (χ0n) is 23.8. The number of H-pyrrole nitrogens is 1. The number of likely N-dealkylation sites (tertiary alicyclic amines) is 1. The third-order valence-electron chi connectivity index (χ3n) is 8.88. The summed E-state index contributed by atoms with van der Waals surface area (Å²) in [7, 11) is 0. The van der Waals surface area contributed by atoms with Crippen LogP contribution in [-0.2, 0) is 6.54 Å². The number of carbonyl (C=O) groups excluding carboxylic acids is 1. The SMILES string of the molecule is O=C(c1cc(N2CCC(n3c(=O)[nH]c4ncccc43)CC2)ncn1)c1cn(CCCN2CCCCC2)c2ccccc12. The first-order valence-electron chi connectivity index (χ1n) is 15.1. The normalized spacial score (nSPS) is 16.9. The molecule has 7 rings (SSSR count). The van der Waals surface area contributed by atoms with E-state index in [4.69, 9.17) is 0 Å². The van der Waals surface area contributed by atoms with Crippen molar-refractivity contribution >= 4 is 33.7 Å². The number of nitrogens with one attached hydrogen (secondary N) is 1. The predicted molar refractivity (Wildman–Crippen MR) is 163 cm³/mol. The fourth-order valence-electron chi connectivity index (χ4n) is 6.72. The number of piperidine rings is 2. The van der Waals surface area contributed by atoms with E-state index in [1.54, 1.807) is 6.20 Å². The molecule has 0 atom stereocenters. The summed E-state index contributed by atoms with van der Waals surface area (Å²) >= 11 is 0. The first-order chi connectivity index (χ1) is 20.7. The number of fused-ring (bicyclic) bond motifs is 2. The molecule has 4 aromatic heterocycles. The largest absolute Gasteiger partial charge is 0.356 e. The van der Waals surface area contributed by atoms with Crippen LogP contribution in [0.25, 0.3) is 22.1 Å². The lowest BCUT2D eigenvalue weighted by molar-refractivity contribution is 0.103. The predicted octanol–water partition coefficient (Wildman–Crippen LogP) is 4.42. The lowest BCUT2D eigenvalue weighted by atomic mass is 10.0. The summed E-state index contributed by atoms with van der Waals surface area (Å²) in [4.78, 5) is 47.3. The Morgan fingerprint density at radius 2 is 1.71 bits per heavy atom. The minimum atomic E-state index is -0.122. The van der Waals surface area contributed by atoms with Gasteiger partial charge in [0, 0.05) is 60.6 Å². The highest BCUT2D eigenvalue weighted by molar-refractivity contribution is 6.15. The number of aromatic nitrogens is 6. The Labute approximate surface area is 244 Å². The second kappa shape index (κ2) is 11.5. The van der Waals surface area contributed by atoms with Crippen LogP contribution in [0.1, 0.15) is 60.6 Å². The number of rotatable bonds is 8. The Bertz CT molecular complexity index is 1770. The van der Waals surface area contributed by atoms with E-state index in [0.29, 0.717) is 16.9 Å². The minimum Gasteiger partial charge on any atom is -0.356 e. The fraction of sp³-hybridized carbons (Fsp3) is 0.406. The number of anilines is 1. The molecule has 0 amide bonds. The number of imidazole rings is 1. The van der Waals surface area contributed by atoms with E-state index in [-0.39, 0.29) is 17.5 Å². The van der Waals surface area contributed by atoms with Crippen molar-refractivity contribution in [3.63, 3.8) is 0 Å². The lowest BCUT2D eigenvalue weighted by Gasteiger charge is -2.33. The van der Waals surface area contributed by atoms with Crippen molar-refractivity contribution in [1.82, 2.24) is 34.0 Å². The molecule has 2 aliphatic heterocycles. The third kappa shape index (κ3) is 5.11. The maximum Gasteiger partial charge on any atom is 0.327 e. The van der Waals surface area contributed by atoms with Crippen LogP contribution in [0.3, 0.4) is 0 Å². The number of hydrogen-bond donors (Lipinski definition) is 1. The van der Waals surface area contributed by atoms with Crippen molar-refractivity contribution in [2.24, 2.45) is 0 Å². The smallest absolute Gasteiger partial charge is 0.327 e. The summed E-state index contributed by atoms with van der Waals surface area (Å²) in [5.41, 5.74) is 3.49. The van der Waals surface area contributed by atoms with Crippen molar-refractivity contribution < 1.29 is 4.79 Å². The first-order valence-corrected chi connectivity index (χ1v) is 15.1. The van der Waals surface area contributed by atoms with Crippen LogP contribution in [0.2, 0.25) is 0 Å². The molecule has 1 aromatic carbocycles. The molecule has 42 heavy (non-hydrogen) atoms. The number of ketones is 1. The number of benzene rings is 1. The van der Waals surface area contributed by atoms with Crippen molar-refractivity contribution in [2.75, 3.05) is 37.6 Å². The molecule has 10 heteroatoms. The summed E-state index contributed by atoms with van der Waals surface area (Å²) < 4.78 is 4.05. The van der Waals surface area contributed by atoms with Crippen LogP contribution in [-0.4, -0.2) is 72.5 Å². The van der Waals surface area contributed by atoms with Crippen LogP contribution < -0.4 is 10.6 Å². The molecule has 2 aliphatic rings. The molecule has 2 fully saturated rings. The molecule has 2 saturated heterocycles. The highest BCUT2D eigenvalue weighted by Crippen LogP contribution is 2.28. The lowest BCUT2D eigenvalue weighted by Crippen LogP contribution is -2.37. The molecule has 216 valence electrons. The van der Waals surface area contributed by atoms with E-state index >= 15 is 0 Å². The summed E-state index contributed by atoms with van der Waals surface area (Å²) in [6.45, 7) is 5.82. The van der Waals surface area contributed by atoms with Crippen molar-refractivity contribution in [2.45, 2.75) is 51.1 Å². The Kier molecular flexibility index (Phi) is 7.29. The van der Waals surface area contributed by atoms with Gasteiger partial charge < -0.3 is 14.4 Å². The van der Waals surface area contributed by atoms with Crippen LogP contribution in [0, 0.1) is 0 Å². The van der Waals surface area contributed by atoms with Gasteiger partial charge in [-0.1, -0.05) is 24.6 Å². The number of carbonyl (C=O) groups is 1. The maximum atomic E-state index is 13.8. The van der Waals surface area contributed by atoms with E-state index in [9.17, 15) is 9.59 Å². The summed E-state index contributed by atoms with van der Waals surface area (Å²) in [5.74, 6) is 0.655. The van der Waals surface area contributed by atoms with Gasteiger partial charge in [0.05, 0.1) is 5.52 Å². The Hall–Kier alpha value is -4.31. The summed E-state index contributed by atoms with van der Waals surface area (Å²) in [6.07, 6.45) is 11.8. The molecule has 6 heterocycles. The maximum absolute atomic E-state index is 13.8. The molecular weight excluding hydrogens is 528 g/mol. The van der Waals surface area contributed by atoms with Crippen LogP contribution in [0.4, 0.5) is 5.82 Å². The van der Waals surface area contributed by atoms with E-state index in [1.807, 2.05) is 47.2 Å². The Morgan fingerprint density at radius 3 is 2.57 bits per heavy atom. The highest BCUT2D eigenvalue weighted by Gasteiger charge is 2.26. The van der Waals surface area contributed by atoms with Crippen molar-refractivity contribution in [1.29, 1.82) is 0 Å². The molecule has 5 aromatic rings. The monoisotopic (exact) mass is 564 g/mol. The van der Waals surface area contributed by atoms with Crippen LogP contribution >= 0.6 is 0 Å². The fourth-order valence-corrected chi connectivity index (χ4v) is 6.72. The number of aryl methyl sites for hydroxylation is 1. The topological polar surface area (TPSA) is 105 Å². The number of para-hydroxylation sites is 1. The van der Waals surface area contributed by atoms with E-state index in [1.165, 1.54) is 38.7 Å². The van der Waals surface area contributed by atoms with Crippen LogP contribution in [0.15, 0.2) is 66.0 Å². The molecule has 10 nitrogen and oxygen atoms in total. The molecular formula is C32H36N8O2. The number of hydrogen-bond acceptors (Lipinski definition) is 7. The van der Waals surface area contributed by atoms with Gasteiger partial charge >= 0.3 is 5.69 Å². The zero-order chi connectivity index (χ0) is 28.5. The van der Waals surface area contributed by atoms with Gasteiger partial charge in [-0.25, -0.2) is 19.7 Å². The van der Waals surface area contributed by atoms with E-state index < -0.39 is 0 Å². The molecule has 0 radical (unpaired) electrons. The van der Waals surface area contributed by atoms with Gasteiger partial charge in [0.15, 0.2) is 5.65 Å². The average molecular weight is 565 g/mol. The van der Waals surface area contributed by atoms with Gasteiger partial charge in [-0.05, 0) is 69.9 Å². The molecule has 0 unspecified atom stereocenters. The van der Waals surface area contributed by atoms with Gasteiger partial charge in [0.1, 0.15) is 17.8 Å². The highest BCUT2D eigenvalue weighted by atomic mass is 16.1. The third-order valence-corrected chi connectivity index (χ3v) is 8.88. The number of pyridine rings is 1. The van der Waals surface area contributed by atoms with Gasteiger partial charge in [0.2, 0.25) is 5.78 Å². The van der Waals surface area contributed by atoms with Crippen molar-refractivity contribution in [3.8, 4) is 0 Å². The summed E-state index contributed by atoms with van der Waals surface area (Å²) in [6, 6.07) is 13.8. The second-order valence-corrected chi connectivity index (χ2v) is 11.5. The molecule has 0 bridgehead atoms. The second-order valence-electron chi connectivity index (χ2n) is 11.5. The van der Waals surface area contributed by atoms with E-state index in [0.717, 1.165) is 67.7 Å². The minimum absolute atomic E-state index is 0.0793. The van der Waals surface area contributed by atoms with Gasteiger partial charge in [-0.2, -0.15) is 0 Å². The molecule has 0 aliphatic carbocycles. The van der Waals surface area contributed by atoms with Crippen molar-refractivity contribution in [3.05, 3.63) is 82.9 Å². The number of nitrogens with zero attached hydrogens (tertiary/aromatic N) is 7. The van der Waals surface area contributed by atoms with Gasteiger partial charge in [0.25, 0.3) is 0 Å². The van der Waals surface area contributed by atoms with Crippen LogP contribution in [0.5, 0.6) is 0 Å². The Morgan fingerprint density at radius 1 is 0.905 bits per heavy atom. The summed E-state index contributed by atoms with van der Waals surface area (Å²) in [5, 5.41) is 0.958. The Balaban J connectivity index is 1.06. The molecule has 0 spiro atoms. The number of aromatic amines is 1. The van der Waals surface area contributed by atoms with Gasteiger partial charge in [-0.15, -0.1) is 0 Å². The van der Waals surface area contributed by atoms with E-state index in [2.05, 4.69) is 40.4 Å². The van der Waals surface area contributed by atoms with Gasteiger partial charge in [-0.3, -0.25) is 14.3 Å². The zero-order valence-corrected chi connectivity index (χ0v) is 23.8. The average Bonchev–Trinajstić information content (AvgIpc) is 3.58. The molecule has 1 N–H and O–H groups in total. The standard InChI is InChI=1S/C32H36N8O2/c41-30(25-21-39(27-9-3-2-8-24(25)27)17-7-16-37-14-4-1-5-15-37)26-20-29(35-22-34-26)38-18-11-23(12-19-38)40-28-10-6-13-33-31(28)36-32(40)42/h2-3,6,8-10,13,20-23H,1,4-5,7,11-12,14-19H2,(H,33,36,42). The first kappa shape index (κ1) is 26.6.